The number of carboxylic acid groups (broad SMARTS) is 1. The van der Waals surface area contributed by atoms with E-state index in [2.05, 4.69) is 5.10 Å². The first kappa shape index (κ1) is 15.2. The van der Waals surface area contributed by atoms with E-state index < -0.39 is 5.97 Å². The zero-order valence-corrected chi connectivity index (χ0v) is 12.0. The molecule has 2 rings (SSSR count). The lowest BCUT2D eigenvalue weighted by Gasteiger charge is -2.15. The Bertz CT molecular complexity index is 575. The van der Waals surface area contributed by atoms with E-state index in [4.69, 9.17) is 4.74 Å². The van der Waals surface area contributed by atoms with Crippen LogP contribution in [0.2, 0.25) is 0 Å². The molecule has 0 radical (unpaired) electrons. The lowest BCUT2D eigenvalue weighted by atomic mass is 10.0. The molecule has 2 aromatic rings. The standard InChI is InChI=1S/C12H14N2O3.C2H6/c1-7-4-5-14-11(7)10(8(2)17-3)9(6-13-14)12(15)16;1-2/h4-6,8H,1-3H3,(H,15,16);1-2H3. The highest BCUT2D eigenvalue weighted by molar-refractivity contribution is 5.92. The number of fused-ring (bicyclic) bond motifs is 1. The zero-order chi connectivity index (χ0) is 14.6. The number of carbonyl (C=O) groups is 1. The molecule has 1 N–H and O–H groups in total. The molecule has 5 heteroatoms. The maximum absolute atomic E-state index is 11.2. The number of hydrogen-bond donors (Lipinski definition) is 1. The molecule has 5 nitrogen and oxygen atoms in total. The van der Waals surface area contributed by atoms with Crippen LogP contribution in [0.15, 0.2) is 18.5 Å². The van der Waals surface area contributed by atoms with Crippen molar-refractivity contribution in [1.29, 1.82) is 0 Å². The lowest BCUT2D eigenvalue weighted by molar-refractivity contribution is 0.0683. The van der Waals surface area contributed by atoms with E-state index in [9.17, 15) is 9.90 Å². The van der Waals surface area contributed by atoms with Crippen LogP contribution in [0.5, 0.6) is 0 Å². The van der Waals surface area contributed by atoms with E-state index in [1.165, 1.54) is 6.20 Å². The molecule has 2 heterocycles. The number of ether oxygens (including phenoxy) is 1. The first-order chi connectivity index (χ1) is 9.06. The van der Waals surface area contributed by atoms with Gasteiger partial charge in [0.15, 0.2) is 0 Å². The van der Waals surface area contributed by atoms with Crippen molar-refractivity contribution < 1.29 is 14.6 Å². The van der Waals surface area contributed by atoms with E-state index in [1.54, 1.807) is 11.6 Å². The van der Waals surface area contributed by atoms with Crippen LogP contribution in [-0.2, 0) is 4.74 Å². The smallest absolute Gasteiger partial charge is 0.337 e. The zero-order valence-electron chi connectivity index (χ0n) is 12.0. The highest BCUT2D eigenvalue weighted by Crippen LogP contribution is 2.27. The van der Waals surface area contributed by atoms with Crippen LogP contribution >= 0.6 is 0 Å². The van der Waals surface area contributed by atoms with Crippen molar-refractivity contribution in [3.05, 3.63) is 35.2 Å². The number of hydrogen-bond acceptors (Lipinski definition) is 3. The van der Waals surface area contributed by atoms with Gasteiger partial charge >= 0.3 is 5.97 Å². The summed E-state index contributed by atoms with van der Waals surface area (Å²) in [6.45, 7) is 7.75. The molecular weight excluding hydrogens is 244 g/mol. The topological polar surface area (TPSA) is 63.8 Å². The van der Waals surface area contributed by atoms with Gasteiger partial charge in [0.25, 0.3) is 0 Å². The average Bonchev–Trinajstić information content (AvgIpc) is 2.81. The Balaban J connectivity index is 0.000000861. The van der Waals surface area contributed by atoms with Crippen molar-refractivity contribution in [2.24, 2.45) is 0 Å². The molecule has 19 heavy (non-hydrogen) atoms. The predicted molar refractivity (Wildman–Crippen MR) is 73.7 cm³/mol. The van der Waals surface area contributed by atoms with Crippen molar-refractivity contribution >= 4 is 11.5 Å². The Labute approximate surface area is 112 Å². The maximum atomic E-state index is 11.2. The minimum Gasteiger partial charge on any atom is -0.478 e. The molecule has 1 unspecified atom stereocenters. The molecule has 0 aliphatic carbocycles. The van der Waals surface area contributed by atoms with E-state index in [1.807, 2.05) is 40.0 Å². The molecule has 0 aromatic carbocycles. The highest BCUT2D eigenvalue weighted by atomic mass is 16.5. The molecule has 2 aromatic heterocycles. The van der Waals surface area contributed by atoms with E-state index in [-0.39, 0.29) is 11.7 Å². The van der Waals surface area contributed by atoms with Gasteiger partial charge in [0.05, 0.1) is 23.4 Å². The molecular formula is C14H20N2O3. The van der Waals surface area contributed by atoms with E-state index in [0.717, 1.165) is 11.1 Å². The van der Waals surface area contributed by atoms with Gasteiger partial charge in [0.1, 0.15) is 0 Å². The van der Waals surface area contributed by atoms with Crippen LogP contribution in [0.3, 0.4) is 0 Å². The first-order valence-corrected chi connectivity index (χ1v) is 6.29. The van der Waals surface area contributed by atoms with Crippen molar-refractivity contribution in [3.8, 4) is 0 Å². The quantitative estimate of drug-likeness (QED) is 0.925. The van der Waals surface area contributed by atoms with Gasteiger partial charge in [-0.15, -0.1) is 0 Å². The Morgan fingerprint density at radius 3 is 2.63 bits per heavy atom. The summed E-state index contributed by atoms with van der Waals surface area (Å²) in [5, 5.41) is 13.3. The summed E-state index contributed by atoms with van der Waals surface area (Å²) < 4.78 is 6.93. The Hall–Kier alpha value is -1.88. The normalized spacial score (nSPS) is 11.8. The minimum absolute atomic E-state index is 0.189. The minimum atomic E-state index is -0.987. The fraction of sp³-hybridized carbons (Fsp3) is 0.429. The summed E-state index contributed by atoms with van der Waals surface area (Å²) in [7, 11) is 1.56. The molecule has 0 aliphatic rings. The van der Waals surface area contributed by atoms with Gasteiger partial charge in [0.2, 0.25) is 0 Å². The number of rotatable bonds is 3. The van der Waals surface area contributed by atoms with Crippen LogP contribution < -0.4 is 0 Å². The number of aromatic carboxylic acids is 1. The van der Waals surface area contributed by atoms with Crippen LogP contribution in [0.1, 0.15) is 48.4 Å². The summed E-state index contributed by atoms with van der Waals surface area (Å²) in [6.07, 6.45) is 2.88. The number of carboxylic acids is 1. The van der Waals surface area contributed by atoms with Crippen molar-refractivity contribution in [2.75, 3.05) is 7.11 Å². The molecule has 0 aliphatic heterocycles. The number of methoxy groups -OCH3 is 1. The second-order valence-corrected chi connectivity index (χ2v) is 3.95. The van der Waals surface area contributed by atoms with Crippen LogP contribution in [0.4, 0.5) is 0 Å². The van der Waals surface area contributed by atoms with Gasteiger partial charge in [-0.1, -0.05) is 13.8 Å². The molecule has 104 valence electrons. The van der Waals surface area contributed by atoms with Crippen LogP contribution in [0.25, 0.3) is 5.52 Å². The second-order valence-electron chi connectivity index (χ2n) is 3.95. The SMILES string of the molecule is CC.COC(C)c1c(C(=O)O)cnn2ccc(C)c12. The summed E-state index contributed by atoms with van der Waals surface area (Å²) in [5.41, 5.74) is 2.64. The average molecular weight is 264 g/mol. The monoisotopic (exact) mass is 264 g/mol. The van der Waals surface area contributed by atoms with Crippen LogP contribution in [0, 0.1) is 6.92 Å². The van der Waals surface area contributed by atoms with Gasteiger partial charge in [-0.25, -0.2) is 9.31 Å². The summed E-state index contributed by atoms with van der Waals surface area (Å²) in [4.78, 5) is 11.2. The second kappa shape index (κ2) is 6.33. The summed E-state index contributed by atoms with van der Waals surface area (Å²) in [6, 6.07) is 1.90. The number of aryl methyl sites for hydroxylation is 1. The van der Waals surface area contributed by atoms with Crippen molar-refractivity contribution in [3.63, 3.8) is 0 Å². The molecule has 0 bridgehead atoms. The molecule has 1 atom stereocenters. The Morgan fingerprint density at radius 2 is 2.11 bits per heavy atom. The molecule has 0 fully saturated rings. The Morgan fingerprint density at radius 1 is 1.47 bits per heavy atom. The maximum Gasteiger partial charge on any atom is 0.337 e. The first-order valence-electron chi connectivity index (χ1n) is 6.29. The van der Waals surface area contributed by atoms with Gasteiger partial charge in [-0.05, 0) is 25.5 Å². The summed E-state index contributed by atoms with van der Waals surface area (Å²) in [5.74, 6) is -0.987. The van der Waals surface area contributed by atoms with Crippen molar-refractivity contribution in [2.45, 2.75) is 33.8 Å². The van der Waals surface area contributed by atoms with Gasteiger partial charge in [-0.2, -0.15) is 5.10 Å². The fourth-order valence-corrected chi connectivity index (χ4v) is 1.97. The van der Waals surface area contributed by atoms with E-state index in [0.29, 0.717) is 5.56 Å². The predicted octanol–water partition coefficient (Wildman–Crippen LogP) is 3.07. The van der Waals surface area contributed by atoms with Crippen molar-refractivity contribution in [1.82, 2.24) is 9.61 Å². The Kier molecular flexibility index (Phi) is 5.06. The third-order valence-corrected chi connectivity index (χ3v) is 2.92. The van der Waals surface area contributed by atoms with Gasteiger partial charge < -0.3 is 9.84 Å². The molecule has 0 spiro atoms. The van der Waals surface area contributed by atoms with Gasteiger partial charge in [-0.3, -0.25) is 0 Å². The fourth-order valence-electron chi connectivity index (χ4n) is 1.97. The number of nitrogens with zero attached hydrogens (tertiary/aromatic N) is 2. The molecule has 0 saturated heterocycles. The van der Waals surface area contributed by atoms with Gasteiger partial charge in [0, 0.05) is 18.9 Å². The largest absolute Gasteiger partial charge is 0.478 e. The third kappa shape index (κ3) is 2.76. The number of aromatic nitrogens is 2. The van der Waals surface area contributed by atoms with Crippen LogP contribution in [-0.4, -0.2) is 27.8 Å². The lowest BCUT2D eigenvalue weighted by Crippen LogP contribution is -2.11. The third-order valence-electron chi connectivity index (χ3n) is 2.92. The summed E-state index contributed by atoms with van der Waals surface area (Å²) >= 11 is 0. The molecule has 0 saturated carbocycles. The highest BCUT2D eigenvalue weighted by Gasteiger charge is 2.20. The molecule has 0 amide bonds. The van der Waals surface area contributed by atoms with E-state index >= 15 is 0 Å².